The average molecular weight is 342 g/mol. The quantitative estimate of drug-likeness (QED) is 0.868. The molecule has 1 saturated heterocycles. The van der Waals surface area contributed by atoms with E-state index in [0.717, 1.165) is 6.42 Å². The minimum absolute atomic E-state index is 0.0542. The Morgan fingerprint density at radius 3 is 2.75 bits per heavy atom. The van der Waals surface area contributed by atoms with Gasteiger partial charge >= 0.3 is 0 Å². The molecule has 5 nitrogen and oxygen atoms in total. The number of Topliss-reactive ketones (excluding diaryl/α,β-unsaturated/α-hetero) is 1. The predicted molar refractivity (Wildman–Crippen MR) is 93.5 cm³/mol. The summed E-state index contributed by atoms with van der Waals surface area (Å²) in [6.45, 7) is 2.07. The van der Waals surface area contributed by atoms with Gasteiger partial charge in [0.05, 0.1) is 4.88 Å². The van der Waals surface area contributed by atoms with Crippen molar-refractivity contribution in [3.8, 4) is 0 Å². The minimum atomic E-state index is -0.472. The van der Waals surface area contributed by atoms with Crippen LogP contribution < -0.4 is 5.32 Å². The molecule has 24 heavy (non-hydrogen) atoms. The van der Waals surface area contributed by atoms with Crippen LogP contribution in [-0.2, 0) is 4.79 Å². The molecule has 124 valence electrons. The third kappa shape index (κ3) is 3.38. The second-order valence-electron chi connectivity index (χ2n) is 5.76. The van der Waals surface area contributed by atoms with Crippen LogP contribution in [0.4, 0.5) is 5.69 Å². The number of nitrogens with zero attached hydrogens (tertiary/aromatic N) is 1. The Morgan fingerprint density at radius 2 is 2.04 bits per heavy atom. The summed E-state index contributed by atoms with van der Waals surface area (Å²) in [6.07, 6.45) is 1.46. The van der Waals surface area contributed by atoms with Crippen LogP contribution in [0.1, 0.15) is 39.8 Å². The van der Waals surface area contributed by atoms with Crippen molar-refractivity contribution < 1.29 is 14.4 Å². The molecule has 1 aromatic heterocycles. The van der Waals surface area contributed by atoms with E-state index in [2.05, 4.69) is 5.32 Å². The molecule has 0 aliphatic carbocycles. The summed E-state index contributed by atoms with van der Waals surface area (Å²) in [7, 11) is 0. The first-order valence-electron chi connectivity index (χ1n) is 7.82. The van der Waals surface area contributed by atoms with Gasteiger partial charge in [0.2, 0.25) is 5.91 Å². The van der Waals surface area contributed by atoms with E-state index < -0.39 is 6.04 Å². The van der Waals surface area contributed by atoms with E-state index in [4.69, 9.17) is 0 Å². The lowest BCUT2D eigenvalue weighted by Crippen LogP contribution is -2.42. The zero-order chi connectivity index (χ0) is 17.1. The normalized spacial score (nSPS) is 16.9. The number of carbonyl (C=O) groups is 3. The van der Waals surface area contributed by atoms with Gasteiger partial charge < -0.3 is 10.2 Å². The van der Waals surface area contributed by atoms with Crippen LogP contribution in [0, 0.1) is 0 Å². The SMILES string of the molecule is CC(=O)c1cccc(NC(=O)C2CCCN2C(=O)c2cccs2)c1. The van der Waals surface area contributed by atoms with Gasteiger partial charge in [0.25, 0.3) is 5.91 Å². The number of thiophene rings is 1. The van der Waals surface area contributed by atoms with Crippen LogP contribution in [0.15, 0.2) is 41.8 Å². The lowest BCUT2D eigenvalue weighted by molar-refractivity contribution is -0.119. The fourth-order valence-electron chi connectivity index (χ4n) is 2.87. The number of hydrogen-bond acceptors (Lipinski definition) is 4. The van der Waals surface area contributed by atoms with Crippen molar-refractivity contribution in [3.05, 3.63) is 52.2 Å². The number of carbonyl (C=O) groups excluding carboxylic acids is 3. The van der Waals surface area contributed by atoms with Gasteiger partial charge in [0.1, 0.15) is 6.04 Å². The molecule has 6 heteroatoms. The Bertz CT molecular complexity index is 770. The van der Waals surface area contributed by atoms with Gasteiger partial charge in [0, 0.05) is 17.8 Å². The van der Waals surface area contributed by atoms with Crippen molar-refractivity contribution in [2.45, 2.75) is 25.8 Å². The summed E-state index contributed by atoms with van der Waals surface area (Å²) in [5.41, 5.74) is 1.12. The van der Waals surface area contributed by atoms with Gasteiger partial charge in [-0.05, 0) is 43.3 Å². The molecule has 3 rings (SSSR count). The second-order valence-corrected chi connectivity index (χ2v) is 6.71. The molecule has 1 aliphatic heterocycles. The highest BCUT2D eigenvalue weighted by Crippen LogP contribution is 2.23. The van der Waals surface area contributed by atoms with E-state index in [9.17, 15) is 14.4 Å². The van der Waals surface area contributed by atoms with Gasteiger partial charge in [-0.15, -0.1) is 11.3 Å². The maximum Gasteiger partial charge on any atom is 0.264 e. The summed E-state index contributed by atoms with van der Waals surface area (Å²) < 4.78 is 0. The molecule has 2 heterocycles. The molecular formula is C18H18N2O3S. The molecule has 1 aliphatic rings. The van der Waals surface area contributed by atoms with E-state index >= 15 is 0 Å². The molecule has 0 radical (unpaired) electrons. The van der Waals surface area contributed by atoms with Crippen molar-refractivity contribution in [1.82, 2.24) is 4.90 Å². The summed E-state index contributed by atoms with van der Waals surface area (Å²) >= 11 is 1.38. The summed E-state index contributed by atoms with van der Waals surface area (Å²) in [6, 6.07) is 9.97. The highest BCUT2D eigenvalue weighted by atomic mass is 32.1. The minimum Gasteiger partial charge on any atom is -0.326 e. The van der Waals surface area contributed by atoms with Crippen LogP contribution in [0.3, 0.4) is 0 Å². The van der Waals surface area contributed by atoms with E-state index in [1.807, 2.05) is 11.4 Å². The monoisotopic (exact) mass is 342 g/mol. The molecule has 2 aromatic rings. The first-order valence-corrected chi connectivity index (χ1v) is 8.70. The number of nitrogens with one attached hydrogen (secondary N) is 1. The van der Waals surface area contributed by atoms with Crippen molar-refractivity contribution in [2.24, 2.45) is 0 Å². The van der Waals surface area contributed by atoms with Crippen LogP contribution in [0.25, 0.3) is 0 Å². The third-order valence-corrected chi connectivity index (χ3v) is 4.94. The maximum atomic E-state index is 12.6. The number of ketones is 1. The van der Waals surface area contributed by atoms with E-state index in [-0.39, 0.29) is 17.6 Å². The zero-order valence-corrected chi connectivity index (χ0v) is 14.1. The highest BCUT2D eigenvalue weighted by molar-refractivity contribution is 7.12. The largest absolute Gasteiger partial charge is 0.326 e. The number of amides is 2. The van der Waals surface area contributed by atoms with Crippen LogP contribution in [0.5, 0.6) is 0 Å². The molecular weight excluding hydrogens is 324 g/mol. The molecule has 2 amide bonds. The van der Waals surface area contributed by atoms with E-state index in [1.54, 1.807) is 35.2 Å². The summed E-state index contributed by atoms with van der Waals surface area (Å²) in [5, 5.41) is 4.68. The topological polar surface area (TPSA) is 66.5 Å². The Labute approximate surface area is 144 Å². The second kappa shape index (κ2) is 6.97. The van der Waals surface area contributed by atoms with Gasteiger partial charge in [-0.1, -0.05) is 18.2 Å². The van der Waals surface area contributed by atoms with E-state index in [0.29, 0.717) is 29.1 Å². The van der Waals surface area contributed by atoms with Gasteiger partial charge in [-0.3, -0.25) is 14.4 Å². The molecule has 0 saturated carbocycles. The van der Waals surface area contributed by atoms with Gasteiger partial charge in [0.15, 0.2) is 5.78 Å². The lowest BCUT2D eigenvalue weighted by Gasteiger charge is -2.23. The molecule has 1 fully saturated rings. The van der Waals surface area contributed by atoms with Crippen LogP contribution in [0.2, 0.25) is 0 Å². The molecule has 1 aromatic carbocycles. The molecule has 1 N–H and O–H groups in total. The zero-order valence-electron chi connectivity index (χ0n) is 13.3. The van der Waals surface area contributed by atoms with Crippen molar-refractivity contribution >= 4 is 34.6 Å². The number of likely N-dealkylation sites (tertiary alicyclic amines) is 1. The molecule has 0 bridgehead atoms. The van der Waals surface area contributed by atoms with Crippen LogP contribution >= 0.6 is 11.3 Å². The standard InChI is InChI=1S/C18H18N2O3S/c1-12(21)13-5-2-6-14(11-13)19-17(22)15-7-3-9-20(15)18(23)16-8-4-10-24-16/h2,4-6,8,10-11,15H,3,7,9H2,1H3,(H,19,22). The van der Waals surface area contributed by atoms with Crippen molar-refractivity contribution in [1.29, 1.82) is 0 Å². The lowest BCUT2D eigenvalue weighted by atomic mass is 10.1. The number of anilines is 1. The smallest absolute Gasteiger partial charge is 0.264 e. The third-order valence-electron chi connectivity index (χ3n) is 4.08. The Balaban J connectivity index is 1.73. The van der Waals surface area contributed by atoms with Gasteiger partial charge in [-0.2, -0.15) is 0 Å². The average Bonchev–Trinajstić information content (AvgIpc) is 3.26. The highest BCUT2D eigenvalue weighted by Gasteiger charge is 2.34. The number of hydrogen-bond donors (Lipinski definition) is 1. The van der Waals surface area contributed by atoms with E-state index in [1.165, 1.54) is 18.3 Å². The fraction of sp³-hybridized carbons (Fsp3) is 0.278. The summed E-state index contributed by atoms with van der Waals surface area (Å²) in [4.78, 5) is 38.9. The predicted octanol–water partition coefficient (Wildman–Crippen LogP) is 3.19. The van der Waals surface area contributed by atoms with Crippen molar-refractivity contribution in [2.75, 3.05) is 11.9 Å². The first-order chi connectivity index (χ1) is 11.6. The Hall–Kier alpha value is -2.47. The maximum absolute atomic E-state index is 12.6. The fourth-order valence-corrected chi connectivity index (χ4v) is 3.54. The number of benzene rings is 1. The Kier molecular flexibility index (Phi) is 4.76. The number of rotatable bonds is 4. The molecule has 0 spiro atoms. The molecule has 1 unspecified atom stereocenters. The molecule has 1 atom stereocenters. The Morgan fingerprint density at radius 1 is 1.21 bits per heavy atom. The van der Waals surface area contributed by atoms with Crippen LogP contribution in [-0.4, -0.2) is 35.1 Å². The summed E-state index contributed by atoms with van der Waals surface area (Å²) in [5.74, 6) is -0.361. The first kappa shape index (κ1) is 16.4. The van der Waals surface area contributed by atoms with Gasteiger partial charge in [-0.25, -0.2) is 0 Å². The van der Waals surface area contributed by atoms with Crippen molar-refractivity contribution in [3.63, 3.8) is 0 Å².